The standard InChI is InChI=1S/C14H19F2N3O/c1-18-4-5-19(11(8-17)9-18)14(20)7-10-2-3-12(15)13(16)6-10/h2-3,6,11H,4-5,7-9,17H2,1H3. The predicted octanol–water partition coefficient (Wildman–Crippen LogP) is 0.609. The van der Waals surface area contributed by atoms with Crippen molar-refractivity contribution < 1.29 is 13.6 Å². The number of carbonyl (C=O) groups excluding carboxylic acids is 1. The second kappa shape index (κ2) is 6.28. The molecule has 2 rings (SSSR count). The van der Waals surface area contributed by atoms with Crippen LogP contribution in [-0.4, -0.2) is 55.0 Å². The summed E-state index contributed by atoms with van der Waals surface area (Å²) < 4.78 is 26.0. The van der Waals surface area contributed by atoms with Crippen molar-refractivity contribution in [3.8, 4) is 0 Å². The second-order valence-electron chi connectivity index (χ2n) is 5.16. The van der Waals surface area contributed by atoms with Gasteiger partial charge in [0.1, 0.15) is 0 Å². The summed E-state index contributed by atoms with van der Waals surface area (Å²) in [7, 11) is 1.99. The maximum absolute atomic E-state index is 13.1. The first-order valence-corrected chi connectivity index (χ1v) is 6.63. The van der Waals surface area contributed by atoms with Crippen LogP contribution in [0.5, 0.6) is 0 Å². The van der Waals surface area contributed by atoms with E-state index in [9.17, 15) is 13.6 Å². The topological polar surface area (TPSA) is 49.6 Å². The summed E-state index contributed by atoms with van der Waals surface area (Å²) in [4.78, 5) is 16.1. The first-order chi connectivity index (χ1) is 9.51. The molecule has 1 saturated heterocycles. The van der Waals surface area contributed by atoms with Crippen molar-refractivity contribution in [1.29, 1.82) is 0 Å². The summed E-state index contributed by atoms with van der Waals surface area (Å²) in [6, 6.07) is 3.53. The zero-order valence-corrected chi connectivity index (χ0v) is 11.5. The first-order valence-electron chi connectivity index (χ1n) is 6.63. The van der Waals surface area contributed by atoms with Crippen LogP contribution in [0.4, 0.5) is 8.78 Å². The Morgan fingerprint density at radius 3 is 2.75 bits per heavy atom. The highest BCUT2D eigenvalue weighted by molar-refractivity contribution is 5.79. The van der Waals surface area contributed by atoms with Crippen LogP contribution in [0.2, 0.25) is 0 Å². The minimum atomic E-state index is -0.927. The van der Waals surface area contributed by atoms with Crippen LogP contribution in [-0.2, 0) is 11.2 Å². The average Bonchev–Trinajstić information content (AvgIpc) is 2.42. The summed E-state index contributed by atoms with van der Waals surface area (Å²) in [5, 5.41) is 0. The molecule has 0 radical (unpaired) electrons. The van der Waals surface area contributed by atoms with Crippen molar-refractivity contribution in [2.24, 2.45) is 5.73 Å². The molecule has 1 amide bonds. The van der Waals surface area contributed by atoms with Gasteiger partial charge in [-0.05, 0) is 24.7 Å². The highest BCUT2D eigenvalue weighted by Gasteiger charge is 2.27. The fourth-order valence-corrected chi connectivity index (χ4v) is 2.47. The number of nitrogens with zero attached hydrogens (tertiary/aromatic N) is 2. The van der Waals surface area contributed by atoms with Gasteiger partial charge in [-0.15, -0.1) is 0 Å². The number of likely N-dealkylation sites (N-methyl/N-ethyl adjacent to an activating group) is 1. The van der Waals surface area contributed by atoms with Crippen LogP contribution >= 0.6 is 0 Å². The van der Waals surface area contributed by atoms with Crippen LogP contribution in [0.1, 0.15) is 5.56 Å². The predicted molar refractivity (Wildman–Crippen MR) is 72.1 cm³/mol. The van der Waals surface area contributed by atoms with Crippen LogP contribution < -0.4 is 5.73 Å². The molecule has 1 aliphatic rings. The van der Waals surface area contributed by atoms with Crippen LogP contribution in [0.3, 0.4) is 0 Å². The largest absolute Gasteiger partial charge is 0.336 e. The number of rotatable bonds is 3. The van der Waals surface area contributed by atoms with Gasteiger partial charge in [-0.2, -0.15) is 0 Å². The maximum atomic E-state index is 13.1. The summed E-state index contributed by atoms with van der Waals surface area (Å²) in [5.41, 5.74) is 6.18. The first kappa shape index (κ1) is 14.9. The SMILES string of the molecule is CN1CCN(C(=O)Cc2ccc(F)c(F)c2)C(CN)C1. The Hall–Kier alpha value is -1.53. The van der Waals surface area contributed by atoms with E-state index in [0.29, 0.717) is 18.7 Å². The van der Waals surface area contributed by atoms with Gasteiger partial charge >= 0.3 is 0 Å². The van der Waals surface area contributed by atoms with Gasteiger partial charge in [-0.1, -0.05) is 6.07 Å². The van der Waals surface area contributed by atoms with Gasteiger partial charge in [-0.3, -0.25) is 4.79 Å². The number of benzene rings is 1. The van der Waals surface area contributed by atoms with E-state index in [2.05, 4.69) is 4.90 Å². The van der Waals surface area contributed by atoms with Crippen molar-refractivity contribution in [1.82, 2.24) is 9.80 Å². The van der Waals surface area contributed by atoms with Gasteiger partial charge < -0.3 is 15.5 Å². The van der Waals surface area contributed by atoms with Crippen molar-refractivity contribution in [2.75, 3.05) is 33.2 Å². The molecule has 0 aromatic heterocycles. The van der Waals surface area contributed by atoms with Gasteiger partial charge in [0.2, 0.25) is 5.91 Å². The Labute approximate surface area is 117 Å². The molecule has 1 aromatic rings. The molecule has 1 unspecified atom stereocenters. The highest BCUT2D eigenvalue weighted by Crippen LogP contribution is 2.13. The average molecular weight is 283 g/mol. The highest BCUT2D eigenvalue weighted by atomic mass is 19.2. The molecule has 6 heteroatoms. The maximum Gasteiger partial charge on any atom is 0.227 e. The molecule has 0 spiro atoms. The molecule has 4 nitrogen and oxygen atoms in total. The fraction of sp³-hybridized carbons (Fsp3) is 0.500. The van der Waals surface area contributed by atoms with E-state index in [1.54, 1.807) is 4.90 Å². The van der Waals surface area contributed by atoms with E-state index in [-0.39, 0.29) is 18.4 Å². The van der Waals surface area contributed by atoms with Crippen LogP contribution in [0.25, 0.3) is 0 Å². The number of hydrogen-bond acceptors (Lipinski definition) is 3. The Kier molecular flexibility index (Phi) is 4.67. The monoisotopic (exact) mass is 283 g/mol. The van der Waals surface area contributed by atoms with E-state index < -0.39 is 11.6 Å². The van der Waals surface area contributed by atoms with E-state index in [0.717, 1.165) is 25.2 Å². The van der Waals surface area contributed by atoms with Crippen LogP contribution in [0.15, 0.2) is 18.2 Å². The third kappa shape index (κ3) is 3.32. The number of halogens is 2. The molecule has 0 saturated carbocycles. The molecule has 1 heterocycles. The molecule has 1 aliphatic heterocycles. The molecule has 20 heavy (non-hydrogen) atoms. The third-order valence-corrected chi connectivity index (χ3v) is 3.62. The molecule has 110 valence electrons. The molecule has 1 aromatic carbocycles. The van der Waals surface area contributed by atoms with Crippen molar-refractivity contribution >= 4 is 5.91 Å². The lowest BCUT2D eigenvalue weighted by Gasteiger charge is -2.39. The fourth-order valence-electron chi connectivity index (χ4n) is 2.47. The van der Waals surface area contributed by atoms with E-state index in [1.165, 1.54) is 6.07 Å². The van der Waals surface area contributed by atoms with Gasteiger partial charge in [0.05, 0.1) is 12.5 Å². The van der Waals surface area contributed by atoms with Crippen molar-refractivity contribution in [2.45, 2.75) is 12.5 Å². The molecule has 1 atom stereocenters. The number of piperazine rings is 1. The zero-order chi connectivity index (χ0) is 14.7. The molecule has 0 bridgehead atoms. The molecular weight excluding hydrogens is 264 g/mol. The van der Waals surface area contributed by atoms with E-state index >= 15 is 0 Å². The van der Waals surface area contributed by atoms with Crippen molar-refractivity contribution in [3.05, 3.63) is 35.4 Å². The second-order valence-corrected chi connectivity index (χ2v) is 5.16. The van der Waals surface area contributed by atoms with E-state index in [1.807, 2.05) is 7.05 Å². The third-order valence-electron chi connectivity index (χ3n) is 3.62. The molecular formula is C14H19F2N3O. The molecule has 0 aliphatic carbocycles. The number of amides is 1. The summed E-state index contributed by atoms with van der Waals surface area (Å²) in [6.45, 7) is 2.54. The smallest absolute Gasteiger partial charge is 0.227 e. The lowest BCUT2D eigenvalue weighted by atomic mass is 10.1. The lowest BCUT2D eigenvalue weighted by molar-refractivity contribution is -0.134. The van der Waals surface area contributed by atoms with Gasteiger partial charge in [-0.25, -0.2) is 8.78 Å². The molecule has 2 N–H and O–H groups in total. The number of hydrogen-bond donors (Lipinski definition) is 1. The normalized spacial score (nSPS) is 20.2. The Morgan fingerprint density at radius 1 is 1.35 bits per heavy atom. The minimum absolute atomic E-state index is 0.0217. The number of nitrogens with two attached hydrogens (primary N) is 1. The quantitative estimate of drug-likeness (QED) is 0.884. The van der Waals surface area contributed by atoms with Gasteiger partial charge in [0.25, 0.3) is 0 Å². The van der Waals surface area contributed by atoms with E-state index in [4.69, 9.17) is 5.73 Å². The van der Waals surface area contributed by atoms with Crippen molar-refractivity contribution in [3.63, 3.8) is 0 Å². The summed E-state index contributed by atoms with van der Waals surface area (Å²) >= 11 is 0. The number of carbonyl (C=O) groups is 1. The zero-order valence-electron chi connectivity index (χ0n) is 11.5. The lowest BCUT2D eigenvalue weighted by Crippen LogP contribution is -2.57. The Balaban J connectivity index is 2.05. The Morgan fingerprint density at radius 2 is 2.10 bits per heavy atom. The minimum Gasteiger partial charge on any atom is -0.336 e. The summed E-state index contributed by atoms with van der Waals surface area (Å²) in [6.07, 6.45) is 0.0669. The van der Waals surface area contributed by atoms with Gasteiger partial charge in [0, 0.05) is 26.2 Å². The summed E-state index contributed by atoms with van der Waals surface area (Å²) in [5.74, 6) is -1.93. The Bertz CT molecular complexity index is 495. The molecule has 1 fully saturated rings. The van der Waals surface area contributed by atoms with Crippen LogP contribution in [0, 0.1) is 11.6 Å². The van der Waals surface area contributed by atoms with Gasteiger partial charge in [0.15, 0.2) is 11.6 Å².